The molecule has 8 nitrogen and oxygen atoms in total. The van der Waals surface area contributed by atoms with E-state index < -0.39 is 0 Å². The normalized spacial score (nSPS) is 12.7. The molecule has 3 aromatic carbocycles. The van der Waals surface area contributed by atoms with Crippen LogP contribution in [-0.2, 0) is 0 Å². The van der Waals surface area contributed by atoms with Crippen LogP contribution in [0, 0.1) is 0 Å². The maximum atomic E-state index is 6.33. The van der Waals surface area contributed by atoms with Gasteiger partial charge in [-0.15, -0.1) is 0 Å². The Kier molecular flexibility index (Phi) is 26.3. The average Bonchev–Trinajstić information content (AvgIpc) is 3.23. The smallest absolute Gasteiger partial charge is 0.123 e. The lowest BCUT2D eigenvalue weighted by Gasteiger charge is -2.23. The number of ether oxygens (including phenoxy) is 4. The second kappa shape index (κ2) is 30.6. The molecule has 0 unspecified atom stereocenters. The van der Waals surface area contributed by atoms with Gasteiger partial charge in [0.15, 0.2) is 0 Å². The van der Waals surface area contributed by atoms with Crippen molar-refractivity contribution < 1.29 is 36.9 Å². The molecular formula is C59H100N4O4+4. The summed E-state index contributed by atoms with van der Waals surface area (Å²) in [6, 6.07) is 21.4. The van der Waals surface area contributed by atoms with E-state index in [0.717, 1.165) is 115 Å². The molecule has 0 fully saturated rings. The van der Waals surface area contributed by atoms with Crippen LogP contribution in [0.3, 0.4) is 0 Å². The molecule has 0 radical (unpaired) electrons. The topological polar surface area (TPSA) is 36.9 Å². The molecule has 0 amide bonds. The Morgan fingerprint density at radius 1 is 0.269 bits per heavy atom. The molecule has 0 aliphatic carbocycles. The third-order valence-corrected chi connectivity index (χ3v) is 11.9. The van der Waals surface area contributed by atoms with Crippen LogP contribution in [0.15, 0.2) is 60.7 Å². The first-order valence-electron chi connectivity index (χ1n) is 26.2. The van der Waals surface area contributed by atoms with E-state index in [0.29, 0.717) is 0 Å². The number of rotatable bonds is 37. The molecule has 3 rings (SSSR count). The molecule has 0 aromatic heterocycles. The molecule has 0 spiro atoms. The second-order valence-electron chi connectivity index (χ2n) is 23.3. The van der Waals surface area contributed by atoms with Crippen molar-refractivity contribution in [2.75, 3.05) is 137 Å². The summed E-state index contributed by atoms with van der Waals surface area (Å²) in [7, 11) is 27.2. The van der Waals surface area contributed by atoms with Crippen molar-refractivity contribution >= 4 is 24.3 Å². The van der Waals surface area contributed by atoms with Crippen molar-refractivity contribution in [1.82, 2.24) is 0 Å². The third-order valence-electron chi connectivity index (χ3n) is 11.9. The van der Waals surface area contributed by atoms with Gasteiger partial charge in [0, 0.05) is 12.1 Å². The Labute approximate surface area is 411 Å². The van der Waals surface area contributed by atoms with Gasteiger partial charge in [-0.2, -0.15) is 0 Å². The van der Waals surface area contributed by atoms with Crippen LogP contribution in [0.5, 0.6) is 23.0 Å². The number of nitrogens with zero attached hydrogens (tertiary/aromatic N) is 4. The maximum Gasteiger partial charge on any atom is 0.123 e. The summed E-state index contributed by atoms with van der Waals surface area (Å²) >= 11 is 0. The molecule has 0 bridgehead atoms. The van der Waals surface area contributed by atoms with Gasteiger partial charge in [0.2, 0.25) is 0 Å². The van der Waals surface area contributed by atoms with Crippen LogP contribution in [-0.4, -0.2) is 155 Å². The highest BCUT2D eigenvalue weighted by Gasteiger charge is 2.10. The summed E-state index contributed by atoms with van der Waals surface area (Å²) in [5.74, 6) is 3.51. The fourth-order valence-corrected chi connectivity index (χ4v) is 7.92. The Morgan fingerprint density at radius 2 is 0.478 bits per heavy atom. The maximum absolute atomic E-state index is 6.33. The van der Waals surface area contributed by atoms with E-state index >= 15 is 0 Å². The SMILES string of the molecule is C[N+](C)(C)CCCCCCCOc1cc(/C=C/c2ccc(/C=C/c3cc(OCCCCCC[N+](C)(C)C)cc(OCCCCCC[N+](C)(C)C)c3)cc2)cc(OCCCCCC[N+](C)(C)C)c1. The molecule has 67 heavy (non-hydrogen) atoms. The Morgan fingerprint density at radius 3 is 0.716 bits per heavy atom. The van der Waals surface area contributed by atoms with Crippen LogP contribution < -0.4 is 18.9 Å². The fraction of sp³-hybridized carbons (Fsp3) is 0.627. The lowest BCUT2D eigenvalue weighted by Crippen LogP contribution is -2.35. The highest BCUT2D eigenvalue weighted by atomic mass is 16.5. The summed E-state index contributed by atoms with van der Waals surface area (Å²) in [5, 5.41) is 0. The molecule has 0 aliphatic rings. The Balaban J connectivity index is 1.63. The lowest BCUT2D eigenvalue weighted by molar-refractivity contribution is -0.870. The molecule has 0 aliphatic heterocycles. The van der Waals surface area contributed by atoms with Gasteiger partial charge in [0.05, 0.1) is 137 Å². The first-order chi connectivity index (χ1) is 31.7. The van der Waals surface area contributed by atoms with Crippen LogP contribution in [0.25, 0.3) is 24.3 Å². The van der Waals surface area contributed by atoms with Crippen molar-refractivity contribution in [1.29, 1.82) is 0 Å². The first kappa shape index (κ1) is 57.5. The van der Waals surface area contributed by atoms with Gasteiger partial charge in [-0.1, -0.05) is 61.4 Å². The van der Waals surface area contributed by atoms with E-state index in [1.54, 1.807) is 0 Å². The third kappa shape index (κ3) is 31.0. The quantitative estimate of drug-likeness (QED) is 0.0328. The minimum atomic E-state index is 0.721. The van der Waals surface area contributed by atoms with Crippen LogP contribution in [0.1, 0.15) is 131 Å². The molecule has 8 heteroatoms. The zero-order chi connectivity index (χ0) is 49.0. The van der Waals surface area contributed by atoms with Gasteiger partial charge in [0.1, 0.15) is 23.0 Å². The second-order valence-corrected chi connectivity index (χ2v) is 23.3. The van der Waals surface area contributed by atoms with Crippen molar-refractivity contribution in [3.63, 3.8) is 0 Å². The highest BCUT2D eigenvalue weighted by molar-refractivity contribution is 5.74. The zero-order valence-corrected chi connectivity index (χ0v) is 45.2. The van der Waals surface area contributed by atoms with E-state index in [-0.39, 0.29) is 0 Å². The van der Waals surface area contributed by atoms with Gasteiger partial charge >= 0.3 is 0 Å². The van der Waals surface area contributed by atoms with Crippen LogP contribution in [0.4, 0.5) is 0 Å². The van der Waals surface area contributed by atoms with Crippen LogP contribution >= 0.6 is 0 Å². The highest BCUT2D eigenvalue weighted by Crippen LogP contribution is 2.27. The number of hydrogen-bond donors (Lipinski definition) is 0. The number of quaternary nitrogens is 4. The molecular weight excluding hydrogens is 829 g/mol. The fourth-order valence-electron chi connectivity index (χ4n) is 7.92. The molecule has 0 saturated carbocycles. The van der Waals surface area contributed by atoms with Crippen molar-refractivity contribution in [3.8, 4) is 23.0 Å². The van der Waals surface area contributed by atoms with Crippen molar-refractivity contribution in [3.05, 3.63) is 82.9 Å². The van der Waals surface area contributed by atoms with Gasteiger partial charge < -0.3 is 36.9 Å². The summed E-state index contributed by atoms with van der Waals surface area (Å²) in [5.41, 5.74) is 4.45. The molecule has 376 valence electrons. The van der Waals surface area contributed by atoms with Gasteiger partial charge in [-0.3, -0.25) is 0 Å². The molecule has 0 atom stereocenters. The molecule has 0 heterocycles. The summed E-state index contributed by atoms with van der Waals surface area (Å²) in [4.78, 5) is 0. The minimum absolute atomic E-state index is 0.721. The van der Waals surface area contributed by atoms with E-state index in [2.05, 4.69) is 170 Å². The van der Waals surface area contributed by atoms with Crippen molar-refractivity contribution in [2.24, 2.45) is 0 Å². The van der Waals surface area contributed by atoms with Crippen LogP contribution in [0.2, 0.25) is 0 Å². The predicted octanol–water partition coefficient (Wildman–Crippen LogP) is 13.0. The largest absolute Gasteiger partial charge is 0.493 e. The Hall–Kier alpha value is -3.82. The van der Waals surface area contributed by atoms with Gasteiger partial charge in [-0.05, 0) is 143 Å². The van der Waals surface area contributed by atoms with E-state index in [4.69, 9.17) is 18.9 Å². The average molecular weight is 929 g/mol. The van der Waals surface area contributed by atoms with E-state index in [1.165, 1.54) is 110 Å². The Bertz CT molecular complexity index is 1780. The zero-order valence-electron chi connectivity index (χ0n) is 45.2. The first-order valence-corrected chi connectivity index (χ1v) is 26.2. The standard InChI is InChI=1S/C59H100N4O4/c1-60(2,3)38-22-14-13-18-26-42-64-56-46-54(47-57(50-56)65-43-27-19-15-23-39-61(4,5)6)36-34-52-30-32-53(33-31-52)35-37-55-48-58(66-44-28-20-16-24-40-62(7,8)9)51-59(49-55)67-45-29-21-17-25-41-63(10,11)12/h30-37,46-51H,13-29,38-45H2,1-12H3/q+4/b36-34+,37-35+. The predicted molar refractivity (Wildman–Crippen MR) is 289 cm³/mol. The number of benzene rings is 3. The summed E-state index contributed by atoms with van der Waals surface area (Å²) in [6.45, 7) is 7.76. The molecule has 0 N–H and O–H groups in total. The van der Waals surface area contributed by atoms with E-state index in [1.807, 2.05) is 0 Å². The summed E-state index contributed by atoms with van der Waals surface area (Å²) in [6.07, 6.45) is 29.0. The van der Waals surface area contributed by atoms with Gasteiger partial charge in [0.25, 0.3) is 0 Å². The van der Waals surface area contributed by atoms with Gasteiger partial charge in [-0.25, -0.2) is 0 Å². The number of unbranched alkanes of at least 4 members (excludes halogenated alkanes) is 13. The monoisotopic (exact) mass is 929 g/mol. The summed E-state index contributed by atoms with van der Waals surface area (Å²) < 4.78 is 29.4. The molecule has 3 aromatic rings. The van der Waals surface area contributed by atoms with Crippen molar-refractivity contribution in [2.45, 2.75) is 109 Å². The minimum Gasteiger partial charge on any atom is -0.493 e. The lowest BCUT2D eigenvalue weighted by atomic mass is 10.1. The number of hydrogen-bond acceptors (Lipinski definition) is 4. The molecule has 0 saturated heterocycles. The van der Waals surface area contributed by atoms with E-state index in [9.17, 15) is 0 Å².